The first-order valence-electron chi connectivity index (χ1n) is 6.28. The van der Waals surface area contributed by atoms with E-state index in [-0.39, 0.29) is 5.91 Å². The summed E-state index contributed by atoms with van der Waals surface area (Å²) in [5.74, 6) is -0.297. The Balaban J connectivity index is 1.94. The van der Waals surface area contributed by atoms with Gasteiger partial charge < -0.3 is 0 Å². The van der Waals surface area contributed by atoms with E-state index in [9.17, 15) is 4.79 Å². The van der Waals surface area contributed by atoms with Crippen LogP contribution in [0, 0.1) is 6.92 Å². The molecule has 3 aromatic rings. The molecular weight excluding hydrogens is 407 g/mol. The first-order valence-corrected chi connectivity index (χ1v) is 8.64. The van der Waals surface area contributed by atoms with Crippen molar-refractivity contribution in [3.05, 3.63) is 56.0 Å². The van der Waals surface area contributed by atoms with Crippen LogP contribution in [0.2, 0.25) is 10.0 Å². The van der Waals surface area contributed by atoms with E-state index in [4.69, 9.17) is 23.2 Å². The molecule has 7 heteroatoms. The fourth-order valence-corrected chi connectivity index (χ4v) is 3.63. The SMILES string of the molecule is Cc1c(Cl)ccc2sc(NC(=O)c3cc(Br)ccc3Cl)nc12. The molecule has 0 unspecified atom stereocenters. The van der Waals surface area contributed by atoms with Crippen molar-refractivity contribution in [1.82, 2.24) is 4.98 Å². The maximum absolute atomic E-state index is 12.3. The normalized spacial score (nSPS) is 10.9. The number of hydrogen-bond donors (Lipinski definition) is 1. The standard InChI is InChI=1S/C15H9BrCl2N2OS/c1-7-10(17)4-5-12-13(7)19-15(22-12)20-14(21)9-6-8(16)2-3-11(9)18/h2-6H,1H3,(H,19,20,21). The fraction of sp³-hybridized carbons (Fsp3) is 0.0667. The van der Waals surface area contributed by atoms with E-state index in [1.54, 1.807) is 18.2 Å². The van der Waals surface area contributed by atoms with E-state index in [0.717, 1.165) is 20.3 Å². The third-order valence-electron chi connectivity index (χ3n) is 3.14. The minimum absolute atomic E-state index is 0.297. The zero-order valence-electron chi connectivity index (χ0n) is 11.3. The summed E-state index contributed by atoms with van der Waals surface area (Å²) >= 11 is 16.9. The van der Waals surface area contributed by atoms with E-state index < -0.39 is 0 Å². The predicted molar refractivity (Wildman–Crippen MR) is 96.5 cm³/mol. The lowest BCUT2D eigenvalue weighted by Gasteiger charge is -2.04. The lowest BCUT2D eigenvalue weighted by Crippen LogP contribution is -2.12. The third-order valence-corrected chi connectivity index (χ3v) is 5.31. The Morgan fingerprint density at radius 2 is 1.95 bits per heavy atom. The van der Waals surface area contributed by atoms with E-state index in [1.165, 1.54) is 11.3 Å². The van der Waals surface area contributed by atoms with Crippen LogP contribution < -0.4 is 5.32 Å². The second-order valence-corrected chi connectivity index (χ2v) is 7.38. The van der Waals surface area contributed by atoms with Crippen molar-refractivity contribution in [1.29, 1.82) is 0 Å². The summed E-state index contributed by atoms with van der Waals surface area (Å²) in [6.45, 7) is 1.90. The van der Waals surface area contributed by atoms with Gasteiger partial charge in [-0.2, -0.15) is 0 Å². The number of carbonyl (C=O) groups excluding carboxylic acids is 1. The van der Waals surface area contributed by atoms with Gasteiger partial charge in [0.2, 0.25) is 0 Å². The van der Waals surface area contributed by atoms with Gasteiger partial charge >= 0.3 is 0 Å². The number of aromatic nitrogens is 1. The molecular formula is C15H9BrCl2N2OS. The largest absolute Gasteiger partial charge is 0.298 e. The number of carbonyl (C=O) groups is 1. The molecule has 0 spiro atoms. The Morgan fingerprint density at radius 3 is 2.73 bits per heavy atom. The highest BCUT2D eigenvalue weighted by Gasteiger charge is 2.14. The molecule has 1 N–H and O–H groups in total. The van der Waals surface area contributed by atoms with Gasteiger partial charge in [-0.1, -0.05) is 50.5 Å². The molecule has 1 heterocycles. The van der Waals surface area contributed by atoms with Crippen LogP contribution in [0.3, 0.4) is 0 Å². The second kappa shape index (κ2) is 6.16. The molecule has 0 aliphatic heterocycles. The summed E-state index contributed by atoms with van der Waals surface area (Å²) in [4.78, 5) is 16.8. The number of benzene rings is 2. The molecule has 2 aromatic carbocycles. The van der Waals surface area contributed by atoms with Crippen LogP contribution in [0.4, 0.5) is 5.13 Å². The van der Waals surface area contributed by atoms with Crippen LogP contribution in [0.15, 0.2) is 34.8 Å². The molecule has 0 saturated carbocycles. The van der Waals surface area contributed by atoms with E-state index in [1.807, 2.05) is 19.1 Å². The van der Waals surface area contributed by atoms with Gasteiger partial charge in [-0.15, -0.1) is 0 Å². The number of fused-ring (bicyclic) bond motifs is 1. The number of hydrogen-bond acceptors (Lipinski definition) is 3. The number of halogens is 3. The first-order chi connectivity index (χ1) is 10.5. The predicted octanol–water partition coefficient (Wildman–Crippen LogP) is 5.93. The zero-order valence-corrected chi connectivity index (χ0v) is 15.2. The highest BCUT2D eigenvalue weighted by Crippen LogP contribution is 2.32. The third kappa shape index (κ3) is 2.99. The summed E-state index contributed by atoms with van der Waals surface area (Å²) < 4.78 is 1.76. The fourth-order valence-electron chi connectivity index (χ4n) is 1.99. The van der Waals surface area contributed by atoms with Crippen molar-refractivity contribution in [2.75, 3.05) is 5.32 Å². The van der Waals surface area contributed by atoms with Gasteiger partial charge in [0.1, 0.15) is 0 Å². The molecule has 0 bridgehead atoms. The summed E-state index contributed by atoms with van der Waals surface area (Å²) in [5.41, 5.74) is 2.09. The molecule has 0 atom stereocenters. The Labute approximate surface area is 149 Å². The zero-order chi connectivity index (χ0) is 15.9. The minimum Gasteiger partial charge on any atom is -0.298 e. The highest BCUT2D eigenvalue weighted by molar-refractivity contribution is 9.10. The van der Waals surface area contributed by atoms with Gasteiger partial charge in [0.15, 0.2) is 5.13 Å². The molecule has 0 fully saturated rings. The van der Waals surface area contributed by atoms with E-state index in [2.05, 4.69) is 26.2 Å². The molecule has 0 aliphatic carbocycles. The highest BCUT2D eigenvalue weighted by atomic mass is 79.9. The maximum atomic E-state index is 12.3. The van der Waals surface area contributed by atoms with Gasteiger partial charge in [-0.3, -0.25) is 10.1 Å². The number of rotatable bonds is 2. The molecule has 3 rings (SSSR count). The first kappa shape index (κ1) is 15.7. The monoisotopic (exact) mass is 414 g/mol. The number of amides is 1. The number of thiazole rings is 1. The Morgan fingerprint density at radius 1 is 1.23 bits per heavy atom. The van der Waals surface area contributed by atoms with Gasteiger partial charge in [0.25, 0.3) is 5.91 Å². The van der Waals surface area contributed by atoms with Crippen molar-refractivity contribution in [3.63, 3.8) is 0 Å². The number of aryl methyl sites for hydroxylation is 1. The summed E-state index contributed by atoms with van der Waals surface area (Å²) in [7, 11) is 0. The second-order valence-electron chi connectivity index (χ2n) is 4.62. The molecule has 0 aliphatic rings. The van der Waals surface area contributed by atoms with Crippen LogP contribution >= 0.6 is 50.5 Å². The maximum Gasteiger partial charge on any atom is 0.258 e. The van der Waals surface area contributed by atoms with Gasteiger partial charge in [-0.05, 0) is 42.8 Å². The van der Waals surface area contributed by atoms with Crippen LogP contribution in [0.1, 0.15) is 15.9 Å². The van der Waals surface area contributed by atoms with Gasteiger partial charge in [0.05, 0.1) is 20.8 Å². The average molecular weight is 416 g/mol. The van der Waals surface area contributed by atoms with Crippen molar-refractivity contribution < 1.29 is 4.79 Å². The van der Waals surface area contributed by atoms with Gasteiger partial charge in [0, 0.05) is 9.50 Å². The number of nitrogens with one attached hydrogen (secondary N) is 1. The molecule has 1 amide bonds. The lowest BCUT2D eigenvalue weighted by molar-refractivity contribution is 0.102. The number of nitrogens with zero attached hydrogens (tertiary/aromatic N) is 1. The van der Waals surface area contributed by atoms with Crippen molar-refractivity contribution in [2.24, 2.45) is 0 Å². The van der Waals surface area contributed by atoms with Crippen LogP contribution in [-0.4, -0.2) is 10.9 Å². The number of anilines is 1. The van der Waals surface area contributed by atoms with Crippen LogP contribution in [0.5, 0.6) is 0 Å². The molecule has 0 saturated heterocycles. The molecule has 112 valence electrons. The summed E-state index contributed by atoms with van der Waals surface area (Å²) in [6, 6.07) is 8.84. The van der Waals surface area contributed by atoms with Gasteiger partial charge in [-0.25, -0.2) is 4.98 Å². The average Bonchev–Trinajstić information content (AvgIpc) is 2.89. The van der Waals surface area contributed by atoms with E-state index >= 15 is 0 Å². The minimum atomic E-state index is -0.297. The van der Waals surface area contributed by atoms with Crippen LogP contribution in [-0.2, 0) is 0 Å². The summed E-state index contributed by atoms with van der Waals surface area (Å²) in [5, 5.41) is 4.35. The van der Waals surface area contributed by atoms with Crippen molar-refractivity contribution >= 4 is 71.7 Å². The lowest BCUT2D eigenvalue weighted by atomic mass is 10.2. The molecule has 1 aromatic heterocycles. The summed E-state index contributed by atoms with van der Waals surface area (Å²) in [6.07, 6.45) is 0. The molecule has 0 radical (unpaired) electrons. The Hall–Kier alpha value is -1.14. The quantitative estimate of drug-likeness (QED) is 0.563. The Bertz CT molecular complexity index is 895. The molecule has 3 nitrogen and oxygen atoms in total. The smallest absolute Gasteiger partial charge is 0.258 e. The Kier molecular flexibility index (Phi) is 4.41. The van der Waals surface area contributed by atoms with Crippen LogP contribution in [0.25, 0.3) is 10.2 Å². The van der Waals surface area contributed by atoms with Crippen molar-refractivity contribution in [3.8, 4) is 0 Å². The molecule has 22 heavy (non-hydrogen) atoms. The van der Waals surface area contributed by atoms with Crippen molar-refractivity contribution in [2.45, 2.75) is 6.92 Å². The van der Waals surface area contributed by atoms with E-state index in [0.29, 0.717) is 20.7 Å². The topological polar surface area (TPSA) is 42.0 Å².